The second-order valence-corrected chi connectivity index (χ2v) is 6.52. The highest BCUT2D eigenvalue weighted by molar-refractivity contribution is 6.07. The number of ketones is 1. The zero-order valence-corrected chi connectivity index (χ0v) is 12.9. The van der Waals surface area contributed by atoms with Crippen molar-refractivity contribution in [3.63, 3.8) is 0 Å². The van der Waals surface area contributed by atoms with E-state index in [-0.39, 0.29) is 17.1 Å². The Kier molecular flexibility index (Phi) is 2.19. The third kappa shape index (κ3) is 1.49. The third-order valence-corrected chi connectivity index (χ3v) is 5.14. The first-order valence-corrected chi connectivity index (χ1v) is 8.11. The maximum absolute atomic E-state index is 12.5. The van der Waals surface area contributed by atoms with Gasteiger partial charge in [-0.25, -0.2) is 0 Å². The Hall–Kier alpha value is -3.05. The molecule has 1 N–H and O–H groups in total. The van der Waals surface area contributed by atoms with Crippen LogP contribution in [0.3, 0.4) is 0 Å². The predicted octanol–water partition coefficient (Wildman–Crippen LogP) is 3.13. The van der Waals surface area contributed by atoms with Gasteiger partial charge in [-0.05, 0) is 23.6 Å². The molecule has 0 bridgehead atoms. The van der Waals surface area contributed by atoms with Crippen LogP contribution in [0.5, 0.6) is 17.2 Å². The minimum absolute atomic E-state index is 0.0832. The first-order valence-electron chi connectivity index (χ1n) is 8.11. The lowest BCUT2D eigenvalue weighted by Crippen LogP contribution is -2.51. The van der Waals surface area contributed by atoms with Gasteiger partial charge in [-0.2, -0.15) is 0 Å². The SMILES string of the molecule is O=C1c2c(O)cccc2C2(Oc3cccc4cccc(c34)O2)[C@H]2O[C@@H]12. The number of hydrogen-bond donors (Lipinski definition) is 1. The lowest BCUT2D eigenvalue weighted by atomic mass is 9.84. The second-order valence-electron chi connectivity index (χ2n) is 6.52. The molecule has 122 valence electrons. The average molecular weight is 332 g/mol. The molecule has 0 amide bonds. The monoisotopic (exact) mass is 332 g/mol. The normalized spacial score (nSPS) is 24.2. The molecule has 3 aromatic rings. The van der Waals surface area contributed by atoms with Gasteiger partial charge >= 0.3 is 5.79 Å². The average Bonchev–Trinajstić information content (AvgIpc) is 3.42. The standard InChI is InChI=1S/C20H12O5/c21-12-7-3-6-11-16(12)17(22)18-19(23-18)20(11)24-13-8-1-4-10-5-2-9-14(25-20)15(10)13/h1-9,18-19,21H/t18-,19-/m0/s1. The van der Waals surface area contributed by atoms with Crippen LogP contribution in [0.25, 0.3) is 10.8 Å². The van der Waals surface area contributed by atoms with E-state index < -0.39 is 18.0 Å². The first kappa shape index (κ1) is 13.3. The summed E-state index contributed by atoms with van der Waals surface area (Å²) in [6.45, 7) is 0. The number of aromatic hydroxyl groups is 1. The van der Waals surface area contributed by atoms with E-state index in [1.54, 1.807) is 12.1 Å². The number of rotatable bonds is 0. The zero-order chi connectivity index (χ0) is 16.8. The molecule has 2 aliphatic heterocycles. The van der Waals surface area contributed by atoms with E-state index in [1.807, 2.05) is 36.4 Å². The fourth-order valence-electron chi connectivity index (χ4n) is 4.00. The molecule has 1 saturated heterocycles. The van der Waals surface area contributed by atoms with Gasteiger partial charge in [0.1, 0.15) is 17.2 Å². The van der Waals surface area contributed by atoms with Crippen molar-refractivity contribution in [1.29, 1.82) is 0 Å². The number of epoxide rings is 1. The highest BCUT2D eigenvalue weighted by atomic mass is 16.8. The Bertz CT molecular complexity index is 1050. The van der Waals surface area contributed by atoms with Gasteiger partial charge in [0.2, 0.25) is 0 Å². The number of phenols is 1. The van der Waals surface area contributed by atoms with Crippen molar-refractivity contribution in [2.75, 3.05) is 0 Å². The molecule has 1 spiro atoms. The molecule has 3 aromatic carbocycles. The summed E-state index contributed by atoms with van der Waals surface area (Å²) in [5.41, 5.74) is 0.718. The number of Topliss-reactive ketones (excluding diaryl/α,β-unsaturated/α-hetero) is 1. The summed E-state index contributed by atoms with van der Waals surface area (Å²) in [5.74, 6) is -0.225. The van der Waals surface area contributed by atoms with Gasteiger partial charge in [0.25, 0.3) is 0 Å². The summed E-state index contributed by atoms with van der Waals surface area (Å²) in [6, 6.07) is 16.5. The number of carbonyl (C=O) groups is 1. The Morgan fingerprint density at radius 1 is 0.920 bits per heavy atom. The number of carbonyl (C=O) groups excluding carboxylic acids is 1. The van der Waals surface area contributed by atoms with E-state index in [2.05, 4.69) is 0 Å². The van der Waals surface area contributed by atoms with Gasteiger partial charge in [0.05, 0.1) is 16.5 Å². The maximum atomic E-state index is 12.5. The van der Waals surface area contributed by atoms with Crippen LogP contribution in [-0.4, -0.2) is 23.1 Å². The minimum Gasteiger partial charge on any atom is -0.507 e. The van der Waals surface area contributed by atoms with Crippen molar-refractivity contribution in [2.45, 2.75) is 18.0 Å². The molecule has 0 aromatic heterocycles. The summed E-state index contributed by atoms with van der Waals surface area (Å²) in [6.07, 6.45) is -1.18. The van der Waals surface area contributed by atoms with Crippen LogP contribution < -0.4 is 9.47 Å². The van der Waals surface area contributed by atoms with Crippen LogP contribution in [0, 0.1) is 0 Å². The van der Waals surface area contributed by atoms with E-state index in [0.717, 1.165) is 10.8 Å². The van der Waals surface area contributed by atoms with Crippen molar-refractivity contribution in [2.24, 2.45) is 0 Å². The number of phenolic OH excluding ortho intramolecular Hbond substituents is 1. The molecule has 3 aliphatic rings. The molecule has 25 heavy (non-hydrogen) atoms. The molecule has 6 rings (SSSR count). The summed E-state index contributed by atoms with van der Waals surface area (Å²) in [7, 11) is 0. The molecule has 0 saturated carbocycles. The highest BCUT2D eigenvalue weighted by Crippen LogP contribution is 2.55. The Labute approximate surface area is 142 Å². The first-order chi connectivity index (χ1) is 12.2. The zero-order valence-electron chi connectivity index (χ0n) is 12.9. The largest absolute Gasteiger partial charge is 0.507 e. The quantitative estimate of drug-likeness (QED) is 0.641. The van der Waals surface area contributed by atoms with Gasteiger partial charge in [-0.15, -0.1) is 0 Å². The molecule has 5 heteroatoms. The summed E-state index contributed by atoms with van der Waals surface area (Å²) in [5, 5.41) is 12.1. The Balaban J connectivity index is 1.65. The number of fused-ring (bicyclic) bond motifs is 4. The molecule has 2 atom stereocenters. The molecular weight excluding hydrogens is 320 g/mol. The third-order valence-electron chi connectivity index (χ3n) is 5.14. The smallest absolute Gasteiger partial charge is 0.308 e. The van der Waals surface area contributed by atoms with E-state index in [4.69, 9.17) is 14.2 Å². The molecule has 0 radical (unpaired) electrons. The molecule has 1 fully saturated rings. The topological polar surface area (TPSA) is 68.3 Å². The van der Waals surface area contributed by atoms with Crippen molar-refractivity contribution >= 4 is 16.6 Å². The Morgan fingerprint density at radius 2 is 1.60 bits per heavy atom. The Morgan fingerprint density at radius 3 is 2.32 bits per heavy atom. The van der Waals surface area contributed by atoms with Gasteiger partial charge in [-0.3, -0.25) is 4.79 Å². The van der Waals surface area contributed by atoms with Crippen molar-refractivity contribution < 1.29 is 24.1 Å². The lowest BCUT2D eigenvalue weighted by molar-refractivity contribution is -0.145. The van der Waals surface area contributed by atoms with E-state index in [0.29, 0.717) is 17.1 Å². The van der Waals surface area contributed by atoms with Crippen molar-refractivity contribution in [1.82, 2.24) is 0 Å². The maximum Gasteiger partial charge on any atom is 0.308 e. The molecular formula is C20H12O5. The molecule has 2 heterocycles. The summed E-state index contributed by atoms with van der Waals surface area (Å²) < 4.78 is 18.2. The van der Waals surface area contributed by atoms with Gasteiger partial charge < -0.3 is 19.3 Å². The number of hydrogen-bond acceptors (Lipinski definition) is 5. The van der Waals surface area contributed by atoms with Crippen LogP contribution in [0.4, 0.5) is 0 Å². The van der Waals surface area contributed by atoms with Crippen LogP contribution in [0.15, 0.2) is 54.6 Å². The predicted molar refractivity (Wildman–Crippen MR) is 88.0 cm³/mol. The summed E-state index contributed by atoms with van der Waals surface area (Å²) in [4.78, 5) is 12.5. The van der Waals surface area contributed by atoms with Crippen LogP contribution in [0.2, 0.25) is 0 Å². The summed E-state index contributed by atoms with van der Waals surface area (Å²) >= 11 is 0. The molecule has 5 nitrogen and oxygen atoms in total. The van der Waals surface area contributed by atoms with E-state index >= 15 is 0 Å². The molecule has 1 aliphatic carbocycles. The van der Waals surface area contributed by atoms with Crippen LogP contribution in [-0.2, 0) is 10.5 Å². The van der Waals surface area contributed by atoms with Crippen molar-refractivity contribution in [3.05, 3.63) is 65.7 Å². The van der Waals surface area contributed by atoms with Gasteiger partial charge in [0.15, 0.2) is 18.0 Å². The fraction of sp³-hybridized carbons (Fsp3) is 0.150. The fourth-order valence-corrected chi connectivity index (χ4v) is 4.00. The van der Waals surface area contributed by atoms with Crippen molar-refractivity contribution in [3.8, 4) is 17.2 Å². The second kappa shape index (κ2) is 4.13. The molecule has 0 unspecified atom stereocenters. The lowest BCUT2D eigenvalue weighted by Gasteiger charge is -2.40. The number of benzene rings is 3. The van der Waals surface area contributed by atoms with E-state index in [1.165, 1.54) is 6.07 Å². The van der Waals surface area contributed by atoms with E-state index in [9.17, 15) is 9.90 Å². The number of ether oxygens (including phenoxy) is 3. The van der Waals surface area contributed by atoms with Crippen LogP contribution >= 0.6 is 0 Å². The van der Waals surface area contributed by atoms with Gasteiger partial charge in [-0.1, -0.05) is 36.4 Å². The van der Waals surface area contributed by atoms with Crippen LogP contribution in [0.1, 0.15) is 15.9 Å². The minimum atomic E-state index is -1.27. The van der Waals surface area contributed by atoms with Gasteiger partial charge in [0, 0.05) is 0 Å². The highest BCUT2D eigenvalue weighted by Gasteiger charge is 2.69.